The minimum absolute atomic E-state index is 0.0910. The maximum absolute atomic E-state index is 12.6. The van der Waals surface area contributed by atoms with Gasteiger partial charge in [0.2, 0.25) is 0 Å². The van der Waals surface area contributed by atoms with Crippen LogP contribution in [0.1, 0.15) is 56.0 Å². The Balaban J connectivity index is 2.20. The lowest BCUT2D eigenvalue weighted by Gasteiger charge is -2.31. The fourth-order valence-corrected chi connectivity index (χ4v) is 2.82. The lowest BCUT2D eigenvalue weighted by molar-refractivity contribution is 0.0651. The first kappa shape index (κ1) is 14.1. The second kappa shape index (κ2) is 4.97. The topological polar surface area (TPSA) is 46.3 Å². The van der Waals surface area contributed by atoms with Gasteiger partial charge in [-0.2, -0.15) is 0 Å². The summed E-state index contributed by atoms with van der Waals surface area (Å²) in [6, 6.07) is 8.03. The zero-order valence-corrected chi connectivity index (χ0v) is 12.3. The fraction of sp³-hybridized carbons (Fsp3) is 0.562. The van der Waals surface area contributed by atoms with Gasteiger partial charge in [-0.3, -0.25) is 4.79 Å². The van der Waals surface area contributed by atoms with Gasteiger partial charge in [0.1, 0.15) is 0 Å². The van der Waals surface area contributed by atoms with E-state index >= 15 is 0 Å². The Morgan fingerprint density at radius 3 is 2.32 bits per heavy atom. The highest BCUT2D eigenvalue weighted by Gasteiger charge is 2.39. The molecule has 1 amide bonds. The molecule has 1 heterocycles. The Hall–Kier alpha value is -1.35. The third-order valence-corrected chi connectivity index (χ3v) is 3.98. The van der Waals surface area contributed by atoms with Gasteiger partial charge in [-0.25, -0.2) is 0 Å². The second-order valence-electron chi connectivity index (χ2n) is 6.47. The molecule has 1 atom stereocenters. The summed E-state index contributed by atoms with van der Waals surface area (Å²) in [7, 11) is 0. The van der Waals surface area contributed by atoms with Crippen LogP contribution in [0.4, 0.5) is 0 Å². The number of amides is 1. The molecule has 0 aromatic heterocycles. The largest absolute Gasteiger partial charge is 0.332 e. The van der Waals surface area contributed by atoms with Crippen molar-refractivity contribution in [1.82, 2.24) is 4.90 Å². The van der Waals surface area contributed by atoms with E-state index in [0.29, 0.717) is 12.5 Å². The molecule has 0 saturated carbocycles. The normalized spacial score (nSPS) is 22.0. The van der Waals surface area contributed by atoms with Crippen molar-refractivity contribution in [3.8, 4) is 0 Å². The number of benzene rings is 1. The van der Waals surface area contributed by atoms with Crippen LogP contribution in [-0.4, -0.2) is 28.9 Å². The minimum Gasteiger partial charge on any atom is -0.332 e. The second-order valence-corrected chi connectivity index (χ2v) is 6.47. The fourth-order valence-electron chi connectivity index (χ4n) is 2.82. The maximum Gasteiger partial charge on any atom is 0.254 e. The highest BCUT2D eigenvalue weighted by atomic mass is 16.2. The molecule has 0 bridgehead atoms. The standard InChI is InChI=1S/C16H24N2O/c1-11(2)12-5-7-13(8-6-12)15(19)18-10-14(17)9-16(18,3)4/h5-8,11,14H,9-10,17H2,1-4H3. The summed E-state index contributed by atoms with van der Waals surface area (Å²) >= 11 is 0. The van der Waals surface area contributed by atoms with E-state index in [2.05, 4.69) is 27.7 Å². The van der Waals surface area contributed by atoms with Gasteiger partial charge >= 0.3 is 0 Å². The van der Waals surface area contributed by atoms with E-state index in [0.717, 1.165) is 12.0 Å². The van der Waals surface area contributed by atoms with Crippen LogP contribution in [0.2, 0.25) is 0 Å². The lowest BCUT2D eigenvalue weighted by atomic mass is 9.98. The van der Waals surface area contributed by atoms with Crippen molar-refractivity contribution in [3.63, 3.8) is 0 Å². The molecular weight excluding hydrogens is 236 g/mol. The summed E-state index contributed by atoms with van der Waals surface area (Å²) in [5, 5.41) is 0. The maximum atomic E-state index is 12.6. The van der Waals surface area contributed by atoms with Crippen LogP contribution in [0.5, 0.6) is 0 Å². The van der Waals surface area contributed by atoms with Crippen molar-refractivity contribution in [2.75, 3.05) is 6.54 Å². The van der Waals surface area contributed by atoms with Crippen LogP contribution in [0.3, 0.4) is 0 Å². The predicted octanol–water partition coefficient (Wildman–Crippen LogP) is 2.76. The predicted molar refractivity (Wildman–Crippen MR) is 78.2 cm³/mol. The first-order chi connectivity index (χ1) is 8.81. The SMILES string of the molecule is CC(C)c1ccc(C(=O)N2CC(N)CC2(C)C)cc1. The molecule has 0 aliphatic carbocycles. The van der Waals surface area contributed by atoms with Crippen molar-refractivity contribution in [2.45, 2.75) is 51.6 Å². The summed E-state index contributed by atoms with van der Waals surface area (Å²) in [5.41, 5.74) is 7.86. The number of nitrogens with two attached hydrogens (primary N) is 1. The van der Waals surface area contributed by atoms with Crippen molar-refractivity contribution in [3.05, 3.63) is 35.4 Å². The average molecular weight is 260 g/mol. The number of carbonyl (C=O) groups excluding carboxylic acids is 1. The Morgan fingerprint density at radius 1 is 1.32 bits per heavy atom. The molecule has 19 heavy (non-hydrogen) atoms. The van der Waals surface area contributed by atoms with Crippen molar-refractivity contribution < 1.29 is 4.79 Å². The molecule has 1 aromatic carbocycles. The highest BCUT2D eigenvalue weighted by Crippen LogP contribution is 2.29. The molecule has 0 spiro atoms. The molecule has 3 nitrogen and oxygen atoms in total. The quantitative estimate of drug-likeness (QED) is 0.888. The smallest absolute Gasteiger partial charge is 0.254 e. The van der Waals surface area contributed by atoms with Gasteiger partial charge in [0.25, 0.3) is 5.91 Å². The van der Waals surface area contributed by atoms with Gasteiger partial charge in [0, 0.05) is 23.7 Å². The first-order valence-electron chi connectivity index (χ1n) is 6.99. The third-order valence-electron chi connectivity index (χ3n) is 3.98. The number of nitrogens with zero attached hydrogens (tertiary/aromatic N) is 1. The lowest BCUT2D eigenvalue weighted by Crippen LogP contribution is -2.42. The summed E-state index contributed by atoms with van der Waals surface area (Å²) in [6.07, 6.45) is 0.864. The number of hydrogen-bond acceptors (Lipinski definition) is 2. The molecule has 1 aliphatic heterocycles. The average Bonchev–Trinajstić information content (AvgIpc) is 2.61. The van der Waals surface area contributed by atoms with Crippen LogP contribution in [-0.2, 0) is 0 Å². The van der Waals surface area contributed by atoms with Crippen molar-refractivity contribution in [2.24, 2.45) is 5.73 Å². The molecule has 1 unspecified atom stereocenters. The summed E-state index contributed by atoms with van der Waals surface area (Å²) in [5.74, 6) is 0.578. The van der Waals surface area contributed by atoms with E-state index in [1.165, 1.54) is 5.56 Å². The molecule has 2 N–H and O–H groups in total. The Labute approximate surface area is 115 Å². The number of carbonyl (C=O) groups is 1. The Bertz CT molecular complexity index is 462. The third kappa shape index (κ3) is 2.81. The molecule has 1 fully saturated rings. The number of likely N-dealkylation sites (tertiary alicyclic amines) is 1. The van der Waals surface area contributed by atoms with Crippen LogP contribution >= 0.6 is 0 Å². The molecule has 1 aromatic rings. The monoisotopic (exact) mass is 260 g/mol. The van der Waals surface area contributed by atoms with Crippen LogP contribution in [0.25, 0.3) is 0 Å². The van der Waals surface area contributed by atoms with E-state index in [-0.39, 0.29) is 17.5 Å². The summed E-state index contributed by atoms with van der Waals surface area (Å²) in [6.45, 7) is 9.12. The van der Waals surface area contributed by atoms with Gasteiger partial charge in [-0.1, -0.05) is 26.0 Å². The molecule has 2 rings (SSSR count). The van der Waals surface area contributed by atoms with E-state index < -0.39 is 0 Å². The zero-order valence-electron chi connectivity index (χ0n) is 12.3. The zero-order chi connectivity index (χ0) is 14.2. The van der Waals surface area contributed by atoms with Crippen LogP contribution in [0.15, 0.2) is 24.3 Å². The van der Waals surface area contributed by atoms with E-state index in [1.807, 2.05) is 29.2 Å². The molecule has 3 heteroatoms. The van der Waals surface area contributed by atoms with Crippen LogP contribution < -0.4 is 5.73 Å². The van der Waals surface area contributed by atoms with Gasteiger partial charge in [0.05, 0.1) is 0 Å². The molecule has 1 aliphatic rings. The van der Waals surface area contributed by atoms with Gasteiger partial charge < -0.3 is 10.6 Å². The first-order valence-corrected chi connectivity index (χ1v) is 6.99. The summed E-state index contributed by atoms with van der Waals surface area (Å²) in [4.78, 5) is 14.5. The van der Waals surface area contributed by atoms with Crippen molar-refractivity contribution >= 4 is 5.91 Å². The van der Waals surface area contributed by atoms with E-state index in [4.69, 9.17) is 5.73 Å². The van der Waals surface area contributed by atoms with E-state index in [9.17, 15) is 4.79 Å². The molecule has 1 saturated heterocycles. The minimum atomic E-state index is -0.146. The molecular formula is C16H24N2O. The van der Waals surface area contributed by atoms with Gasteiger partial charge in [-0.15, -0.1) is 0 Å². The Morgan fingerprint density at radius 2 is 1.89 bits per heavy atom. The highest BCUT2D eigenvalue weighted by molar-refractivity contribution is 5.95. The molecule has 0 radical (unpaired) electrons. The van der Waals surface area contributed by atoms with Gasteiger partial charge in [-0.05, 0) is 43.9 Å². The van der Waals surface area contributed by atoms with Gasteiger partial charge in [0.15, 0.2) is 0 Å². The number of rotatable bonds is 2. The summed E-state index contributed by atoms with van der Waals surface area (Å²) < 4.78 is 0. The molecule has 104 valence electrons. The number of hydrogen-bond donors (Lipinski definition) is 1. The van der Waals surface area contributed by atoms with Crippen molar-refractivity contribution in [1.29, 1.82) is 0 Å². The Kier molecular flexibility index (Phi) is 3.68. The van der Waals surface area contributed by atoms with Crippen LogP contribution in [0, 0.1) is 0 Å². The van der Waals surface area contributed by atoms with E-state index in [1.54, 1.807) is 0 Å².